The third-order valence-electron chi connectivity index (χ3n) is 3.19. The van der Waals surface area contributed by atoms with Gasteiger partial charge in [-0.05, 0) is 25.2 Å². The number of carboxylic acid groups (broad SMARTS) is 1. The van der Waals surface area contributed by atoms with Gasteiger partial charge in [0.25, 0.3) is 0 Å². The fourth-order valence-electron chi connectivity index (χ4n) is 2.30. The van der Waals surface area contributed by atoms with Gasteiger partial charge in [0.15, 0.2) is 0 Å². The van der Waals surface area contributed by atoms with Crippen molar-refractivity contribution in [3.05, 3.63) is 0 Å². The molecule has 0 bridgehead atoms. The Morgan fingerprint density at radius 3 is 2.43 bits per heavy atom. The zero-order valence-corrected chi connectivity index (χ0v) is 8.82. The lowest BCUT2D eigenvalue weighted by molar-refractivity contribution is -0.149. The van der Waals surface area contributed by atoms with Crippen molar-refractivity contribution in [3.63, 3.8) is 0 Å². The van der Waals surface area contributed by atoms with E-state index in [-0.39, 0.29) is 11.7 Å². The molecule has 14 heavy (non-hydrogen) atoms. The average Bonchev–Trinajstić information content (AvgIpc) is 2.16. The molecule has 3 unspecified atom stereocenters. The molecule has 0 aromatic carbocycles. The molecular formula is C11H18O3. The van der Waals surface area contributed by atoms with Crippen molar-refractivity contribution >= 4 is 11.8 Å². The minimum absolute atomic E-state index is 0.115. The maximum absolute atomic E-state index is 11.5. The maximum Gasteiger partial charge on any atom is 0.307 e. The van der Waals surface area contributed by atoms with Gasteiger partial charge >= 0.3 is 5.97 Å². The molecule has 0 aromatic rings. The molecule has 0 heterocycles. The van der Waals surface area contributed by atoms with E-state index in [0.717, 1.165) is 12.8 Å². The quantitative estimate of drug-likeness (QED) is 0.755. The number of hydrogen-bond acceptors (Lipinski definition) is 2. The van der Waals surface area contributed by atoms with Gasteiger partial charge in [-0.1, -0.05) is 13.8 Å². The molecular weight excluding hydrogens is 180 g/mol. The van der Waals surface area contributed by atoms with Crippen LogP contribution in [0, 0.1) is 17.8 Å². The first-order valence-corrected chi connectivity index (χ1v) is 5.31. The van der Waals surface area contributed by atoms with Crippen molar-refractivity contribution in [1.82, 2.24) is 0 Å². The first kappa shape index (κ1) is 11.2. The van der Waals surface area contributed by atoms with E-state index in [2.05, 4.69) is 6.92 Å². The number of ketones is 1. The molecule has 3 heteroatoms. The summed E-state index contributed by atoms with van der Waals surface area (Å²) in [6, 6.07) is 0. The van der Waals surface area contributed by atoms with Crippen LogP contribution in [-0.2, 0) is 9.59 Å². The van der Waals surface area contributed by atoms with Gasteiger partial charge in [-0.3, -0.25) is 9.59 Å². The smallest absolute Gasteiger partial charge is 0.307 e. The van der Waals surface area contributed by atoms with Crippen LogP contribution in [0.3, 0.4) is 0 Å². The van der Waals surface area contributed by atoms with Crippen LogP contribution in [-0.4, -0.2) is 16.9 Å². The summed E-state index contributed by atoms with van der Waals surface area (Å²) in [5.41, 5.74) is 0. The molecule has 0 radical (unpaired) electrons. The maximum atomic E-state index is 11.5. The molecule has 3 nitrogen and oxygen atoms in total. The normalized spacial score (nSPS) is 32.6. The first-order valence-electron chi connectivity index (χ1n) is 5.31. The summed E-state index contributed by atoms with van der Waals surface area (Å²) in [7, 11) is 0. The predicted octanol–water partition coefficient (Wildman–Crippen LogP) is 2.10. The molecule has 3 atom stereocenters. The second-order valence-electron chi connectivity index (χ2n) is 4.29. The van der Waals surface area contributed by atoms with Crippen molar-refractivity contribution in [1.29, 1.82) is 0 Å². The molecule has 1 saturated carbocycles. The SMILES string of the molecule is CCC(=O)C1CCC(C)CC1C(=O)O. The Bertz CT molecular complexity index is 235. The summed E-state index contributed by atoms with van der Waals surface area (Å²) >= 11 is 0. The lowest BCUT2D eigenvalue weighted by Crippen LogP contribution is -2.34. The molecule has 0 aromatic heterocycles. The number of aliphatic carboxylic acids is 1. The standard InChI is InChI=1S/C11H18O3/c1-3-10(12)8-5-4-7(2)6-9(8)11(13)14/h7-9H,3-6H2,1-2H3,(H,13,14). The Balaban J connectivity index is 2.72. The zero-order valence-electron chi connectivity index (χ0n) is 8.82. The molecule has 1 fully saturated rings. The van der Waals surface area contributed by atoms with Crippen LogP contribution in [0.5, 0.6) is 0 Å². The van der Waals surface area contributed by atoms with Crippen LogP contribution in [0.15, 0.2) is 0 Å². The number of rotatable bonds is 3. The average molecular weight is 198 g/mol. The molecule has 1 aliphatic rings. The highest BCUT2D eigenvalue weighted by Gasteiger charge is 2.36. The third kappa shape index (κ3) is 2.34. The van der Waals surface area contributed by atoms with Crippen LogP contribution in [0.25, 0.3) is 0 Å². The van der Waals surface area contributed by atoms with Crippen molar-refractivity contribution in [2.45, 2.75) is 39.5 Å². The van der Waals surface area contributed by atoms with E-state index >= 15 is 0 Å². The Morgan fingerprint density at radius 2 is 1.93 bits per heavy atom. The number of carbonyl (C=O) groups is 2. The Hall–Kier alpha value is -0.860. The first-order chi connectivity index (χ1) is 6.56. The highest BCUT2D eigenvalue weighted by atomic mass is 16.4. The van der Waals surface area contributed by atoms with Crippen LogP contribution >= 0.6 is 0 Å². The number of carboxylic acids is 1. The summed E-state index contributed by atoms with van der Waals surface area (Å²) in [4.78, 5) is 22.5. The molecule has 80 valence electrons. The van der Waals surface area contributed by atoms with E-state index in [1.165, 1.54) is 0 Å². The van der Waals surface area contributed by atoms with Crippen molar-refractivity contribution in [2.24, 2.45) is 17.8 Å². The van der Waals surface area contributed by atoms with Gasteiger partial charge in [-0.25, -0.2) is 0 Å². The van der Waals surface area contributed by atoms with Gasteiger partial charge in [-0.15, -0.1) is 0 Å². The molecule has 1 rings (SSSR count). The summed E-state index contributed by atoms with van der Waals surface area (Å²) in [6.45, 7) is 3.86. The van der Waals surface area contributed by atoms with Crippen LogP contribution in [0.1, 0.15) is 39.5 Å². The van der Waals surface area contributed by atoms with Gasteiger partial charge in [-0.2, -0.15) is 0 Å². The van der Waals surface area contributed by atoms with E-state index in [4.69, 9.17) is 5.11 Å². The second-order valence-corrected chi connectivity index (χ2v) is 4.29. The van der Waals surface area contributed by atoms with E-state index < -0.39 is 11.9 Å². The highest BCUT2D eigenvalue weighted by Crippen LogP contribution is 2.34. The fourth-order valence-corrected chi connectivity index (χ4v) is 2.30. The number of hydrogen-bond donors (Lipinski definition) is 1. The summed E-state index contributed by atoms with van der Waals surface area (Å²) < 4.78 is 0. The van der Waals surface area contributed by atoms with Gasteiger partial charge in [0.05, 0.1) is 5.92 Å². The second kappa shape index (κ2) is 4.58. The Morgan fingerprint density at radius 1 is 1.29 bits per heavy atom. The summed E-state index contributed by atoms with van der Waals surface area (Å²) in [5.74, 6) is -0.912. The predicted molar refractivity (Wildman–Crippen MR) is 52.9 cm³/mol. The minimum Gasteiger partial charge on any atom is -0.481 e. The summed E-state index contributed by atoms with van der Waals surface area (Å²) in [5, 5.41) is 9.02. The molecule has 1 aliphatic carbocycles. The van der Waals surface area contributed by atoms with Crippen LogP contribution < -0.4 is 0 Å². The highest BCUT2D eigenvalue weighted by molar-refractivity contribution is 5.86. The minimum atomic E-state index is -0.802. The molecule has 1 N–H and O–H groups in total. The van der Waals surface area contributed by atoms with E-state index in [0.29, 0.717) is 18.8 Å². The largest absolute Gasteiger partial charge is 0.481 e. The lowest BCUT2D eigenvalue weighted by Gasteiger charge is -2.30. The monoisotopic (exact) mass is 198 g/mol. The number of carbonyl (C=O) groups excluding carboxylic acids is 1. The van der Waals surface area contributed by atoms with Crippen LogP contribution in [0.2, 0.25) is 0 Å². The molecule has 0 amide bonds. The van der Waals surface area contributed by atoms with E-state index in [1.54, 1.807) is 6.92 Å². The van der Waals surface area contributed by atoms with E-state index in [9.17, 15) is 9.59 Å². The summed E-state index contributed by atoms with van der Waals surface area (Å²) in [6.07, 6.45) is 2.86. The molecule has 0 saturated heterocycles. The van der Waals surface area contributed by atoms with Gasteiger partial charge in [0, 0.05) is 12.3 Å². The zero-order chi connectivity index (χ0) is 10.7. The fraction of sp³-hybridized carbons (Fsp3) is 0.818. The topological polar surface area (TPSA) is 54.4 Å². The van der Waals surface area contributed by atoms with Gasteiger partial charge in [0.1, 0.15) is 5.78 Å². The van der Waals surface area contributed by atoms with E-state index in [1.807, 2.05) is 0 Å². The van der Waals surface area contributed by atoms with Crippen molar-refractivity contribution < 1.29 is 14.7 Å². The third-order valence-corrected chi connectivity index (χ3v) is 3.19. The molecule has 0 spiro atoms. The van der Waals surface area contributed by atoms with Crippen molar-refractivity contribution in [3.8, 4) is 0 Å². The number of Topliss-reactive ketones (excluding diaryl/α,β-unsaturated/α-hetero) is 1. The van der Waals surface area contributed by atoms with Gasteiger partial charge < -0.3 is 5.11 Å². The van der Waals surface area contributed by atoms with Crippen molar-refractivity contribution in [2.75, 3.05) is 0 Å². The molecule has 0 aliphatic heterocycles. The Kier molecular flexibility index (Phi) is 3.67. The van der Waals surface area contributed by atoms with Gasteiger partial charge in [0.2, 0.25) is 0 Å². The lowest BCUT2D eigenvalue weighted by atomic mass is 9.72. The van der Waals surface area contributed by atoms with Crippen LogP contribution in [0.4, 0.5) is 0 Å². The Labute approximate surface area is 84.5 Å².